The number of rotatable bonds is 4. The van der Waals surface area contributed by atoms with Crippen LogP contribution in [0.2, 0.25) is 0 Å². The van der Waals surface area contributed by atoms with Gasteiger partial charge >= 0.3 is 0 Å². The van der Waals surface area contributed by atoms with Crippen LogP contribution in [0.25, 0.3) is 61.2 Å². The lowest BCUT2D eigenvalue weighted by Gasteiger charge is -2.21. The van der Waals surface area contributed by atoms with Gasteiger partial charge in [0.25, 0.3) is 0 Å². The smallest absolute Gasteiger partial charge is 0.238 e. The van der Waals surface area contributed by atoms with Crippen molar-refractivity contribution in [3.63, 3.8) is 0 Å². The molecule has 48 heavy (non-hydrogen) atoms. The van der Waals surface area contributed by atoms with Crippen molar-refractivity contribution in [1.29, 1.82) is 0 Å². The first kappa shape index (κ1) is 28.8. The summed E-state index contributed by atoms with van der Waals surface area (Å²) in [6.07, 6.45) is 15.2. The number of hydrogen-bond donors (Lipinski definition) is 0. The summed E-state index contributed by atoms with van der Waals surface area (Å²) in [5, 5.41) is 2.40. The van der Waals surface area contributed by atoms with E-state index in [1.807, 2.05) is 0 Å². The van der Waals surface area contributed by atoms with Gasteiger partial charge < -0.3 is 0 Å². The maximum atomic E-state index is 5.33. The molecule has 2 unspecified atom stereocenters. The van der Waals surface area contributed by atoms with Crippen LogP contribution in [0.5, 0.6) is 0 Å². The molecular weight excluding hydrogens is 585 g/mol. The fourth-order valence-electron chi connectivity index (χ4n) is 7.95. The highest BCUT2D eigenvalue weighted by molar-refractivity contribution is 6.16. The van der Waals surface area contributed by atoms with E-state index in [0.29, 0.717) is 17.8 Å². The Morgan fingerprint density at radius 3 is 2.35 bits per heavy atom. The Balaban J connectivity index is 1.39. The molecule has 0 amide bonds. The van der Waals surface area contributed by atoms with Crippen LogP contribution in [-0.4, -0.2) is 19.5 Å². The Kier molecular flexibility index (Phi) is 6.52. The second-order valence-corrected chi connectivity index (χ2v) is 14.3. The molecule has 0 bridgehead atoms. The fourth-order valence-corrected chi connectivity index (χ4v) is 7.95. The van der Waals surface area contributed by atoms with Gasteiger partial charge in [0.15, 0.2) is 11.6 Å². The Morgan fingerprint density at radius 2 is 1.54 bits per heavy atom. The van der Waals surface area contributed by atoms with Crippen LogP contribution in [0.4, 0.5) is 0 Å². The molecule has 9 rings (SSSR count). The van der Waals surface area contributed by atoms with E-state index < -0.39 is 0 Å². The second-order valence-electron chi connectivity index (χ2n) is 14.3. The first-order valence-electron chi connectivity index (χ1n) is 17.2. The standard InChI is InChI=1S/C44H38N4/c1-27-17-19-30(20-18-27)41-45-42(32-14-10-11-28(2)25-32)47-43(46-41)48-38-24-21-31(29-12-6-5-7-13-29)26-35(38)33-22-23-37-39(40(33)48)34-15-8-9-16-36(34)44(37,3)4/h5-17,19-24,26-28H,18,25H2,1-4H3. The van der Waals surface area contributed by atoms with Gasteiger partial charge in [0.05, 0.1) is 11.0 Å². The first-order chi connectivity index (χ1) is 23.4. The molecule has 0 aliphatic heterocycles. The quantitative estimate of drug-likeness (QED) is 0.196. The van der Waals surface area contributed by atoms with E-state index in [2.05, 4.69) is 154 Å². The number of nitrogens with zero attached hydrogens (tertiary/aromatic N) is 4. The molecule has 0 radical (unpaired) electrons. The van der Waals surface area contributed by atoms with Crippen molar-refractivity contribution >= 4 is 33.0 Å². The number of allylic oxidation sites excluding steroid dienone is 8. The van der Waals surface area contributed by atoms with Crippen LogP contribution >= 0.6 is 0 Å². The van der Waals surface area contributed by atoms with Gasteiger partial charge in [-0.2, -0.15) is 9.97 Å². The molecule has 234 valence electrons. The van der Waals surface area contributed by atoms with Gasteiger partial charge in [-0.1, -0.05) is 137 Å². The Bertz CT molecular complexity index is 2400. The zero-order valence-electron chi connectivity index (χ0n) is 27.9. The minimum atomic E-state index is -0.129. The van der Waals surface area contributed by atoms with E-state index >= 15 is 0 Å². The monoisotopic (exact) mass is 622 g/mol. The van der Waals surface area contributed by atoms with Crippen molar-refractivity contribution in [2.24, 2.45) is 11.8 Å². The molecule has 4 nitrogen and oxygen atoms in total. The molecule has 4 heteroatoms. The molecule has 2 atom stereocenters. The summed E-state index contributed by atoms with van der Waals surface area (Å²) in [5.41, 5.74) is 12.0. The van der Waals surface area contributed by atoms with E-state index in [1.54, 1.807) is 0 Å². The van der Waals surface area contributed by atoms with Gasteiger partial charge in [-0.3, -0.25) is 4.57 Å². The van der Waals surface area contributed by atoms with Crippen molar-refractivity contribution < 1.29 is 0 Å². The molecule has 3 aliphatic carbocycles. The average Bonchev–Trinajstić information content (AvgIpc) is 3.57. The topological polar surface area (TPSA) is 43.6 Å². The van der Waals surface area contributed by atoms with Gasteiger partial charge in [0, 0.05) is 27.3 Å². The summed E-state index contributed by atoms with van der Waals surface area (Å²) < 4.78 is 2.32. The molecule has 4 aromatic carbocycles. The van der Waals surface area contributed by atoms with Crippen LogP contribution in [-0.2, 0) is 5.41 Å². The highest BCUT2D eigenvalue weighted by Gasteiger charge is 2.38. The summed E-state index contributed by atoms with van der Waals surface area (Å²) >= 11 is 0. The van der Waals surface area contributed by atoms with Crippen LogP contribution < -0.4 is 0 Å². The molecular formula is C44H38N4. The van der Waals surface area contributed by atoms with Gasteiger partial charge in [-0.25, -0.2) is 4.98 Å². The first-order valence-corrected chi connectivity index (χ1v) is 17.2. The number of hydrogen-bond acceptors (Lipinski definition) is 3. The predicted octanol–water partition coefficient (Wildman–Crippen LogP) is 10.9. The zero-order valence-corrected chi connectivity index (χ0v) is 27.9. The maximum Gasteiger partial charge on any atom is 0.238 e. The lowest BCUT2D eigenvalue weighted by atomic mass is 9.82. The van der Waals surface area contributed by atoms with Crippen LogP contribution in [0.3, 0.4) is 0 Å². The lowest BCUT2D eigenvalue weighted by Crippen LogP contribution is -2.15. The third-order valence-corrected chi connectivity index (χ3v) is 10.5. The van der Waals surface area contributed by atoms with Crippen molar-refractivity contribution in [1.82, 2.24) is 19.5 Å². The van der Waals surface area contributed by atoms with Crippen molar-refractivity contribution in [3.05, 3.63) is 144 Å². The minimum Gasteiger partial charge on any atom is -0.277 e. The molecule has 0 saturated carbocycles. The molecule has 2 aromatic heterocycles. The number of aromatic nitrogens is 4. The minimum absolute atomic E-state index is 0.129. The molecule has 6 aromatic rings. The highest BCUT2D eigenvalue weighted by atomic mass is 15.2. The lowest BCUT2D eigenvalue weighted by molar-refractivity contribution is 0.660. The third kappa shape index (κ3) is 4.46. The molecule has 0 saturated heterocycles. The van der Waals surface area contributed by atoms with Gasteiger partial charge in [0.1, 0.15) is 0 Å². The maximum absolute atomic E-state index is 5.33. The van der Waals surface area contributed by atoms with E-state index in [4.69, 9.17) is 15.0 Å². The van der Waals surface area contributed by atoms with E-state index in [1.165, 1.54) is 44.2 Å². The predicted molar refractivity (Wildman–Crippen MR) is 199 cm³/mol. The third-order valence-electron chi connectivity index (χ3n) is 10.5. The number of fused-ring (bicyclic) bond motifs is 7. The summed E-state index contributed by atoms with van der Waals surface area (Å²) in [6, 6.07) is 31.0. The summed E-state index contributed by atoms with van der Waals surface area (Å²) in [6.45, 7) is 9.18. The Labute approximate surface area is 281 Å². The number of benzene rings is 4. The summed E-state index contributed by atoms with van der Waals surface area (Å²) in [5.74, 6) is 3.07. The largest absolute Gasteiger partial charge is 0.277 e. The van der Waals surface area contributed by atoms with Gasteiger partial charge in [0.2, 0.25) is 5.95 Å². The van der Waals surface area contributed by atoms with Crippen LogP contribution in [0.15, 0.2) is 121 Å². The van der Waals surface area contributed by atoms with Crippen LogP contribution in [0, 0.1) is 11.8 Å². The van der Waals surface area contributed by atoms with Crippen molar-refractivity contribution in [2.45, 2.75) is 46.0 Å². The van der Waals surface area contributed by atoms with E-state index in [-0.39, 0.29) is 5.41 Å². The molecule has 2 heterocycles. The fraction of sp³-hybridized carbons (Fsp3) is 0.205. The summed E-state index contributed by atoms with van der Waals surface area (Å²) in [4.78, 5) is 15.8. The van der Waals surface area contributed by atoms with E-state index in [0.717, 1.165) is 46.7 Å². The van der Waals surface area contributed by atoms with Gasteiger partial charge in [-0.05, 0) is 70.2 Å². The molecule has 0 spiro atoms. The van der Waals surface area contributed by atoms with Crippen molar-refractivity contribution in [3.8, 4) is 28.2 Å². The molecule has 0 N–H and O–H groups in total. The SMILES string of the molecule is CC1C=CC(c2nc(C3=CC=CC(C)C3)nc(-n3c4ccc(-c5ccccc5)cc4c4ccc5c(c43)-c3ccccc3C5(C)C)n2)=CC1. The Morgan fingerprint density at radius 1 is 0.729 bits per heavy atom. The van der Waals surface area contributed by atoms with Crippen LogP contribution in [0.1, 0.15) is 63.3 Å². The van der Waals surface area contributed by atoms with E-state index in [9.17, 15) is 0 Å². The molecule has 3 aliphatic rings. The Hall–Kier alpha value is -5.35. The summed E-state index contributed by atoms with van der Waals surface area (Å²) in [7, 11) is 0. The van der Waals surface area contributed by atoms with Gasteiger partial charge in [-0.15, -0.1) is 0 Å². The average molecular weight is 623 g/mol. The van der Waals surface area contributed by atoms with Crippen molar-refractivity contribution in [2.75, 3.05) is 0 Å². The molecule has 0 fully saturated rings. The normalized spacial score (nSPS) is 19.3. The zero-order chi connectivity index (χ0) is 32.6. The highest BCUT2D eigenvalue weighted by Crippen LogP contribution is 2.53. The second kappa shape index (κ2) is 10.8.